The third kappa shape index (κ3) is 9.14. The van der Waals surface area contributed by atoms with E-state index < -0.39 is 17.7 Å². The van der Waals surface area contributed by atoms with Gasteiger partial charge in [-0.1, -0.05) is 13.8 Å². The molecule has 1 aliphatic heterocycles. The van der Waals surface area contributed by atoms with Crippen LogP contribution in [0.2, 0.25) is 0 Å². The van der Waals surface area contributed by atoms with E-state index in [9.17, 15) is 14.4 Å². The molecular weight excluding hydrogens is 518 g/mol. The zero-order chi connectivity index (χ0) is 28.6. The quantitative estimate of drug-likeness (QED) is 0.386. The first-order valence-corrected chi connectivity index (χ1v) is 14.2. The molecule has 214 valence electrons. The first kappa shape index (κ1) is 30.2. The van der Waals surface area contributed by atoms with E-state index in [4.69, 9.17) is 15.2 Å². The normalized spacial score (nSPS) is 15.6. The van der Waals surface area contributed by atoms with Crippen LogP contribution in [0, 0.1) is 0 Å². The van der Waals surface area contributed by atoms with Crippen LogP contribution in [0.3, 0.4) is 0 Å². The minimum Gasteiger partial charge on any atom is -0.492 e. The molecule has 39 heavy (non-hydrogen) atoms. The molecule has 4 amide bonds. The molecule has 0 aliphatic carbocycles. The molecular formula is C28H41N5O5S. The fourth-order valence-electron chi connectivity index (χ4n) is 4.30. The SMILES string of the molecule is CCN(CC)CCOc1ccc(-c2cc(C(=O)N[C@H]3CCCN(C(=O)OC(C)(C)C)C3)c(NC(N)=O)s2)cc1. The van der Waals surface area contributed by atoms with Gasteiger partial charge in [-0.2, -0.15) is 0 Å². The number of thiophene rings is 1. The summed E-state index contributed by atoms with van der Waals surface area (Å²) in [7, 11) is 0. The minimum absolute atomic E-state index is 0.240. The standard InChI is InChI=1S/C28H41N5O5S/c1-6-32(7-2)15-16-37-21-12-10-19(11-13-21)23-17-22(25(39-23)31-26(29)35)24(34)30-20-9-8-14-33(18-20)27(36)38-28(3,4)5/h10-13,17,20H,6-9,14-16,18H2,1-5H3,(H,30,34)(H3,29,31,35)/t20-/m0/s1. The molecule has 3 rings (SSSR count). The zero-order valence-corrected chi connectivity index (χ0v) is 24.4. The summed E-state index contributed by atoms with van der Waals surface area (Å²) < 4.78 is 11.4. The number of urea groups is 1. The van der Waals surface area contributed by atoms with Gasteiger partial charge in [0.15, 0.2) is 0 Å². The van der Waals surface area contributed by atoms with Crippen LogP contribution in [0.1, 0.15) is 57.8 Å². The number of nitrogens with zero attached hydrogens (tertiary/aromatic N) is 2. The summed E-state index contributed by atoms with van der Waals surface area (Å²) in [6.45, 7) is 14.1. The number of rotatable bonds is 10. The molecule has 2 heterocycles. The molecule has 1 atom stereocenters. The number of ether oxygens (including phenoxy) is 2. The van der Waals surface area contributed by atoms with Gasteiger partial charge in [-0.25, -0.2) is 9.59 Å². The largest absolute Gasteiger partial charge is 0.492 e. The Balaban J connectivity index is 1.69. The molecule has 10 nitrogen and oxygen atoms in total. The molecule has 2 aromatic rings. The second-order valence-electron chi connectivity index (χ2n) is 10.5. The second kappa shape index (κ2) is 13.7. The van der Waals surface area contributed by atoms with Gasteiger partial charge >= 0.3 is 12.1 Å². The number of carbonyl (C=O) groups excluding carboxylic acids is 3. The Hall–Kier alpha value is -3.31. The molecule has 1 aromatic carbocycles. The van der Waals surface area contributed by atoms with E-state index in [1.54, 1.807) is 11.0 Å². The highest BCUT2D eigenvalue weighted by atomic mass is 32.1. The lowest BCUT2D eigenvalue weighted by Gasteiger charge is -2.34. The van der Waals surface area contributed by atoms with E-state index in [0.29, 0.717) is 30.3 Å². The Labute approximate surface area is 234 Å². The van der Waals surface area contributed by atoms with Gasteiger partial charge < -0.3 is 30.3 Å². The lowest BCUT2D eigenvalue weighted by Crippen LogP contribution is -2.50. The first-order valence-electron chi connectivity index (χ1n) is 13.4. The predicted molar refractivity (Wildman–Crippen MR) is 155 cm³/mol. The molecule has 0 saturated carbocycles. The van der Waals surface area contributed by atoms with Crippen LogP contribution in [-0.4, -0.2) is 78.8 Å². The molecule has 11 heteroatoms. The Morgan fingerprint density at radius 1 is 1.15 bits per heavy atom. The number of nitrogens with one attached hydrogen (secondary N) is 2. The van der Waals surface area contributed by atoms with E-state index in [-0.39, 0.29) is 11.9 Å². The average Bonchev–Trinajstić information content (AvgIpc) is 3.29. The van der Waals surface area contributed by atoms with E-state index in [1.165, 1.54) is 11.3 Å². The van der Waals surface area contributed by atoms with Crippen LogP contribution in [0.15, 0.2) is 30.3 Å². The Kier molecular flexibility index (Phi) is 10.6. The minimum atomic E-state index is -0.747. The number of amides is 4. The van der Waals surface area contributed by atoms with Gasteiger partial charge in [0.2, 0.25) is 0 Å². The van der Waals surface area contributed by atoms with Crippen molar-refractivity contribution < 1.29 is 23.9 Å². The maximum absolute atomic E-state index is 13.3. The maximum atomic E-state index is 13.3. The number of likely N-dealkylation sites (N-methyl/N-ethyl adjacent to an activating group) is 1. The molecule has 1 fully saturated rings. The van der Waals surface area contributed by atoms with E-state index >= 15 is 0 Å². The summed E-state index contributed by atoms with van der Waals surface area (Å²) >= 11 is 1.27. The molecule has 0 bridgehead atoms. The third-order valence-corrected chi connectivity index (χ3v) is 7.43. The van der Waals surface area contributed by atoms with Crippen LogP contribution in [0.4, 0.5) is 14.6 Å². The number of hydrogen-bond acceptors (Lipinski definition) is 7. The smallest absolute Gasteiger partial charge is 0.410 e. The maximum Gasteiger partial charge on any atom is 0.410 e. The highest BCUT2D eigenvalue weighted by molar-refractivity contribution is 7.20. The van der Waals surface area contributed by atoms with Gasteiger partial charge in [-0.3, -0.25) is 10.1 Å². The van der Waals surface area contributed by atoms with Gasteiger partial charge in [-0.05, 0) is 82.6 Å². The fourth-order valence-corrected chi connectivity index (χ4v) is 5.37. The van der Waals surface area contributed by atoms with Crippen LogP contribution >= 0.6 is 11.3 Å². The lowest BCUT2D eigenvalue weighted by atomic mass is 10.1. The molecule has 1 saturated heterocycles. The summed E-state index contributed by atoms with van der Waals surface area (Å²) in [6, 6.07) is 8.40. The van der Waals surface area contributed by atoms with Crippen LogP contribution in [0.5, 0.6) is 5.75 Å². The Morgan fingerprint density at radius 3 is 2.46 bits per heavy atom. The molecule has 0 unspecified atom stereocenters. The Morgan fingerprint density at radius 2 is 1.85 bits per heavy atom. The fraction of sp³-hybridized carbons (Fsp3) is 0.536. The summed E-state index contributed by atoms with van der Waals surface area (Å²) in [4.78, 5) is 42.2. The van der Waals surface area contributed by atoms with Crippen molar-refractivity contribution in [3.8, 4) is 16.2 Å². The van der Waals surface area contributed by atoms with E-state index in [1.807, 2.05) is 45.0 Å². The average molecular weight is 560 g/mol. The second-order valence-corrected chi connectivity index (χ2v) is 11.5. The number of carbonyl (C=O) groups is 3. The summed E-state index contributed by atoms with van der Waals surface area (Å²) in [5, 5.41) is 5.96. The van der Waals surface area contributed by atoms with Crippen LogP contribution in [0.25, 0.3) is 10.4 Å². The predicted octanol–water partition coefficient (Wildman–Crippen LogP) is 4.76. The highest BCUT2D eigenvalue weighted by Crippen LogP contribution is 2.36. The van der Waals surface area contributed by atoms with Gasteiger partial charge in [0.25, 0.3) is 5.91 Å². The number of anilines is 1. The van der Waals surface area contributed by atoms with Crippen LogP contribution in [-0.2, 0) is 4.74 Å². The molecule has 1 aliphatic rings. The molecule has 0 spiro atoms. The van der Waals surface area contributed by atoms with E-state index in [2.05, 4.69) is 29.4 Å². The van der Waals surface area contributed by atoms with Crippen molar-refractivity contribution in [2.45, 2.75) is 59.1 Å². The summed E-state index contributed by atoms with van der Waals surface area (Å²) in [5.74, 6) is 0.427. The van der Waals surface area contributed by atoms with Gasteiger partial charge in [0.05, 0.1) is 5.56 Å². The van der Waals surface area contributed by atoms with Crippen molar-refractivity contribution >= 4 is 34.4 Å². The summed E-state index contributed by atoms with van der Waals surface area (Å²) in [5.41, 5.74) is 6.00. The van der Waals surface area contributed by atoms with Crippen molar-refractivity contribution in [3.05, 3.63) is 35.9 Å². The molecule has 4 N–H and O–H groups in total. The summed E-state index contributed by atoms with van der Waals surface area (Å²) in [6.07, 6.45) is 1.08. The van der Waals surface area contributed by atoms with Gasteiger partial charge in [0.1, 0.15) is 23.0 Å². The number of piperidine rings is 1. The molecule has 1 aromatic heterocycles. The number of likely N-dealkylation sites (tertiary alicyclic amines) is 1. The van der Waals surface area contributed by atoms with Crippen molar-refractivity contribution in [1.29, 1.82) is 0 Å². The number of hydrogen-bond donors (Lipinski definition) is 3. The van der Waals surface area contributed by atoms with Crippen molar-refractivity contribution in [3.63, 3.8) is 0 Å². The number of primary amides is 1. The van der Waals surface area contributed by atoms with Crippen molar-refractivity contribution in [2.24, 2.45) is 5.73 Å². The monoisotopic (exact) mass is 559 g/mol. The third-order valence-electron chi connectivity index (χ3n) is 6.33. The van der Waals surface area contributed by atoms with Gasteiger partial charge in [-0.15, -0.1) is 11.3 Å². The highest BCUT2D eigenvalue weighted by Gasteiger charge is 2.29. The first-order chi connectivity index (χ1) is 18.5. The van der Waals surface area contributed by atoms with E-state index in [0.717, 1.165) is 48.7 Å². The Bertz CT molecular complexity index is 1120. The molecule has 0 radical (unpaired) electrons. The number of benzene rings is 1. The topological polar surface area (TPSA) is 126 Å². The lowest BCUT2D eigenvalue weighted by molar-refractivity contribution is 0.0185. The number of nitrogens with two attached hydrogens (primary N) is 1. The van der Waals surface area contributed by atoms with Crippen molar-refractivity contribution in [2.75, 3.05) is 44.6 Å². The zero-order valence-electron chi connectivity index (χ0n) is 23.5. The van der Waals surface area contributed by atoms with Crippen molar-refractivity contribution in [1.82, 2.24) is 15.1 Å². The van der Waals surface area contributed by atoms with Crippen LogP contribution < -0.4 is 21.1 Å². The van der Waals surface area contributed by atoms with Gasteiger partial charge in [0, 0.05) is 30.6 Å².